The zero-order valence-electron chi connectivity index (χ0n) is 7.93. The Morgan fingerprint density at radius 3 is 2.73 bits per heavy atom. The van der Waals surface area contributed by atoms with Gasteiger partial charge in [-0.2, -0.15) is 0 Å². The largest absolute Gasteiger partial charge is 0.480 e. The van der Waals surface area contributed by atoms with Crippen LogP contribution in [0.4, 0.5) is 0 Å². The summed E-state index contributed by atoms with van der Waals surface area (Å²) in [6.45, 7) is 0.862. The van der Waals surface area contributed by atoms with Crippen molar-refractivity contribution in [2.45, 2.75) is 13.0 Å². The van der Waals surface area contributed by atoms with Gasteiger partial charge in [-0.15, -0.1) is 0 Å². The average molecular weight is 214 g/mol. The topological polar surface area (TPSA) is 113 Å². The summed E-state index contributed by atoms with van der Waals surface area (Å²) in [7, 11) is 0. The highest BCUT2D eigenvalue weighted by atomic mass is 16.4. The third-order valence-electron chi connectivity index (χ3n) is 1.74. The number of carbonyl (C=O) groups is 2. The van der Waals surface area contributed by atoms with Gasteiger partial charge in [-0.25, -0.2) is 9.78 Å². The van der Waals surface area contributed by atoms with Crippen LogP contribution in [0.1, 0.15) is 16.2 Å². The number of amides is 1. The van der Waals surface area contributed by atoms with E-state index in [1.807, 2.05) is 0 Å². The van der Waals surface area contributed by atoms with E-state index in [1.165, 1.54) is 0 Å². The van der Waals surface area contributed by atoms with Crippen LogP contribution in [0, 0.1) is 6.92 Å². The van der Waals surface area contributed by atoms with Crippen LogP contribution >= 0.6 is 0 Å². The summed E-state index contributed by atoms with van der Waals surface area (Å²) in [4.78, 5) is 25.6. The molecule has 1 unspecified atom stereocenters. The summed E-state index contributed by atoms with van der Waals surface area (Å²) in [6.07, 6.45) is 1.08. The van der Waals surface area contributed by atoms with Crippen LogP contribution in [0.5, 0.6) is 0 Å². The van der Waals surface area contributed by atoms with E-state index in [0.717, 1.165) is 6.39 Å². The summed E-state index contributed by atoms with van der Waals surface area (Å²) in [5.41, 5.74) is 0.356. The summed E-state index contributed by atoms with van der Waals surface area (Å²) < 4.78 is 4.75. The van der Waals surface area contributed by atoms with Crippen LogP contribution in [-0.2, 0) is 4.79 Å². The van der Waals surface area contributed by atoms with Crippen molar-refractivity contribution in [3.05, 3.63) is 17.8 Å². The highest BCUT2D eigenvalue weighted by molar-refractivity contribution is 5.95. The van der Waals surface area contributed by atoms with Crippen molar-refractivity contribution >= 4 is 11.9 Å². The predicted molar refractivity (Wildman–Crippen MR) is 47.2 cm³/mol. The standard InChI is InChI=1S/C8H10N2O5/c1-4-6(15-3-9-4)7(12)10-5(2-11)8(13)14/h3,5,11H,2H2,1H3,(H,10,12)(H,13,14). The van der Waals surface area contributed by atoms with Gasteiger partial charge in [0.1, 0.15) is 0 Å². The summed E-state index contributed by atoms with van der Waals surface area (Å²) in [6, 6.07) is -1.35. The quantitative estimate of drug-likeness (QED) is 0.602. The molecule has 0 saturated heterocycles. The Kier molecular flexibility index (Phi) is 3.40. The van der Waals surface area contributed by atoms with Crippen LogP contribution in [0.25, 0.3) is 0 Å². The maximum absolute atomic E-state index is 11.4. The highest BCUT2D eigenvalue weighted by Gasteiger charge is 2.22. The number of carboxylic acid groups (broad SMARTS) is 1. The van der Waals surface area contributed by atoms with Crippen molar-refractivity contribution in [1.82, 2.24) is 10.3 Å². The molecule has 1 heterocycles. The number of carboxylic acids is 1. The number of carbonyl (C=O) groups excluding carboxylic acids is 1. The van der Waals surface area contributed by atoms with Crippen LogP contribution in [0.3, 0.4) is 0 Å². The maximum atomic E-state index is 11.4. The van der Waals surface area contributed by atoms with Gasteiger partial charge in [0.25, 0.3) is 5.91 Å². The van der Waals surface area contributed by atoms with Crippen molar-refractivity contribution < 1.29 is 24.2 Å². The lowest BCUT2D eigenvalue weighted by Gasteiger charge is -2.09. The Bertz CT molecular complexity index is 373. The van der Waals surface area contributed by atoms with E-state index in [-0.39, 0.29) is 5.76 Å². The Morgan fingerprint density at radius 2 is 2.33 bits per heavy atom. The fourth-order valence-electron chi connectivity index (χ4n) is 0.929. The molecule has 3 N–H and O–H groups in total. The number of aromatic nitrogens is 1. The van der Waals surface area contributed by atoms with Gasteiger partial charge in [0.05, 0.1) is 12.3 Å². The van der Waals surface area contributed by atoms with E-state index in [4.69, 9.17) is 14.6 Å². The molecular formula is C8H10N2O5. The number of aliphatic hydroxyl groups excluding tert-OH is 1. The van der Waals surface area contributed by atoms with Crippen molar-refractivity contribution in [3.63, 3.8) is 0 Å². The molecule has 15 heavy (non-hydrogen) atoms. The number of rotatable bonds is 4. The number of nitrogens with one attached hydrogen (secondary N) is 1. The number of aliphatic carboxylic acids is 1. The third kappa shape index (κ3) is 2.53. The lowest BCUT2D eigenvalue weighted by molar-refractivity contribution is -0.140. The molecule has 1 aromatic heterocycles. The minimum absolute atomic E-state index is 0.0605. The second-order valence-electron chi connectivity index (χ2n) is 2.81. The third-order valence-corrected chi connectivity index (χ3v) is 1.74. The van der Waals surface area contributed by atoms with Gasteiger partial charge < -0.3 is 19.9 Å². The van der Waals surface area contributed by atoms with Crippen LogP contribution in [0.15, 0.2) is 10.8 Å². The molecule has 0 aromatic carbocycles. The van der Waals surface area contributed by atoms with E-state index in [0.29, 0.717) is 5.69 Å². The van der Waals surface area contributed by atoms with Gasteiger partial charge in [-0.3, -0.25) is 4.79 Å². The summed E-state index contributed by atoms with van der Waals surface area (Å²) >= 11 is 0. The van der Waals surface area contributed by atoms with Gasteiger partial charge >= 0.3 is 5.97 Å². The molecule has 0 aliphatic heterocycles. The van der Waals surface area contributed by atoms with Crippen molar-refractivity contribution in [2.75, 3.05) is 6.61 Å². The van der Waals surface area contributed by atoms with Gasteiger partial charge in [0.15, 0.2) is 12.4 Å². The van der Waals surface area contributed by atoms with E-state index in [9.17, 15) is 9.59 Å². The Balaban J connectivity index is 2.71. The lowest BCUT2D eigenvalue weighted by Crippen LogP contribution is -2.43. The minimum Gasteiger partial charge on any atom is -0.480 e. The van der Waals surface area contributed by atoms with Crippen LogP contribution in [-0.4, -0.2) is 39.7 Å². The first-order valence-electron chi connectivity index (χ1n) is 4.11. The normalized spacial score (nSPS) is 12.1. The number of aliphatic hydroxyl groups is 1. The van der Waals surface area contributed by atoms with Crippen LogP contribution in [0.2, 0.25) is 0 Å². The first kappa shape index (κ1) is 11.2. The maximum Gasteiger partial charge on any atom is 0.328 e. The molecule has 7 heteroatoms. The summed E-state index contributed by atoms with van der Waals surface area (Å²) in [5, 5.41) is 19.3. The average Bonchev–Trinajstić information content (AvgIpc) is 2.60. The molecule has 0 bridgehead atoms. The number of hydrogen-bond donors (Lipinski definition) is 3. The first-order valence-corrected chi connectivity index (χ1v) is 4.11. The Hall–Kier alpha value is -1.89. The molecular weight excluding hydrogens is 204 g/mol. The molecule has 82 valence electrons. The summed E-state index contributed by atoms with van der Waals surface area (Å²) in [5.74, 6) is -2.09. The molecule has 0 aliphatic carbocycles. The SMILES string of the molecule is Cc1ncoc1C(=O)NC(CO)C(=O)O. The number of aryl methyl sites for hydroxylation is 1. The number of oxazole rings is 1. The lowest BCUT2D eigenvalue weighted by atomic mass is 10.3. The monoisotopic (exact) mass is 214 g/mol. The molecule has 0 spiro atoms. The zero-order chi connectivity index (χ0) is 11.4. The predicted octanol–water partition coefficient (Wildman–Crippen LogP) is -0.842. The second-order valence-corrected chi connectivity index (χ2v) is 2.81. The van der Waals surface area contributed by atoms with Gasteiger partial charge in [0.2, 0.25) is 5.76 Å². The minimum atomic E-state index is -1.35. The van der Waals surface area contributed by atoms with Crippen molar-refractivity contribution in [3.8, 4) is 0 Å². The molecule has 1 amide bonds. The number of nitrogens with zero attached hydrogens (tertiary/aromatic N) is 1. The molecule has 0 fully saturated rings. The van der Waals surface area contributed by atoms with Crippen molar-refractivity contribution in [2.24, 2.45) is 0 Å². The Morgan fingerprint density at radius 1 is 1.67 bits per heavy atom. The molecule has 7 nitrogen and oxygen atoms in total. The zero-order valence-corrected chi connectivity index (χ0v) is 7.93. The van der Waals surface area contributed by atoms with E-state index < -0.39 is 24.5 Å². The second kappa shape index (κ2) is 4.56. The molecule has 0 saturated carbocycles. The van der Waals surface area contributed by atoms with Crippen LogP contribution < -0.4 is 5.32 Å². The highest BCUT2D eigenvalue weighted by Crippen LogP contribution is 2.04. The molecule has 0 aliphatic rings. The van der Waals surface area contributed by atoms with Crippen molar-refractivity contribution in [1.29, 1.82) is 0 Å². The molecule has 1 rings (SSSR count). The van der Waals surface area contributed by atoms with E-state index >= 15 is 0 Å². The van der Waals surface area contributed by atoms with Gasteiger partial charge in [-0.1, -0.05) is 0 Å². The fraction of sp³-hybridized carbons (Fsp3) is 0.375. The van der Waals surface area contributed by atoms with E-state index in [1.54, 1.807) is 6.92 Å². The smallest absolute Gasteiger partial charge is 0.328 e. The Labute approximate surface area is 84.7 Å². The first-order chi connectivity index (χ1) is 7.06. The number of hydrogen-bond acceptors (Lipinski definition) is 5. The molecule has 0 radical (unpaired) electrons. The molecule has 1 aromatic rings. The fourth-order valence-corrected chi connectivity index (χ4v) is 0.929. The van der Waals surface area contributed by atoms with E-state index in [2.05, 4.69) is 10.3 Å². The van der Waals surface area contributed by atoms with Gasteiger partial charge in [0, 0.05) is 0 Å². The van der Waals surface area contributed by atoms with Gasteiger partial charge in [-0.05, 0) is 6.92 Å². The molecule has 1 atom stereocenters.